The van der Waals surface area contributed by atoms with E-state index in [1.54, 1.807) is 67.8 Å². The lowest BCUT2D eigenvalue weighted by molar-refractivity contribution is 0.0734. The largest absolute Gasteiger partial charge is 0.497 e. The number of Topliss-reactive ketones (excluding diaryl/α,β-unsaturated/α-hetero) is 1. The summed E-state index contributed by atoms with van der Waals surface area (Å²) in [4.78, 5) is 25.0. The Hall–Kier alpha value is -3.86. The molecule has 0 saturated carbocycles. The average molecular weight is 428 g/mol. The summed E-state index contributed by atoms with van der Waals surface area (Å²) in [5.41, 5.74) is 2.91. The van der Waals surface area contributed by atoms with Crippen molar-refractivity contribution >= 4 is 17.8 Å². The van der Waals surface area contributed by atoms with Crippen LogP contribution in [0.4, 0.5) is 0 Å². The first-order valence-corrected chi connectivity index (χ1v) is 10.3. The second kappa shape index (κ2) is 8.35. The van der Waals surface area contributed by atoms with Crippen LogP contribution < -0.4 is 14.2 Å². The molecule has 0 fully saturated rings. The van der Waals surface area contributed by atoms with Gasteiger partial charge in [-0.3, -0.25) is 4.79 Å². The van der Waals surface area contributed by atoms with E-state index in [0.29, 0.717) is 28.4 Å². The Morgan fingerprint density at radius 1 is 0.906 bits per heavy atom. The molecule has 0 amide bonds. The van der Waals surface area contributed by atoms with Crippen LogP contribution >= 0.6 is 0 Å². The van der Waals surface area contributed by atoms with E-state index in [1.165, 1.54) is 0 Å². The molecule has 0 radical (unpaired) electrons. The van der Waals surface area contributed by atoms with Gasteiger partial charge in [-0.1, -0.05) is 45.0 Å². The first kappa shape index (κ1) is 21.4. The number of ketones is 1. The average Bonchev–Trinajstić information content (AvgIpc) is 3.09. The summed E-state index contributed by atoms with van der Waals surface area (Å²) in [7, 11) is 1.56. The van der Waals surface area contributed by atoms with Gasteiger partial charge in [-0.05, 0) is 59.0 Å². The molecule has 1 heterocycles. The van der Waals surface area contributed by atoms with E-state index in [-0.39, 0.29) is 17.0 Å². The normalized spacial score (nSPS) is 14.1. The van der Waals surface area contributed by atoms with Crippen molar-refractivity contribution in [1.29, 1.82) is 0 Å². The summed E-state index contributed by atoms with van der Waals surface area (Å²) >= 11 is 0. The third kappa shape index (κ3) is 4.42. The van der Waals surface area contributed by atoms with E-state index in [0.717, 1.165) is 11.1 Å². The first-order chi connectivity index (χ1) is 15.2. The van der Waals surface area contributed by atoms with Crippen molar-refractivity contribution in [3.63, 3.8) is 0 Å². The maximum atomic E-state index is 12.6. The Bertz CT molecular complexity index is 1200. The molecule has 1 aliphatic rings. The van der Waals surface area contributed by atoms with E-state index in [9.17, 15) is 9.59 Å². The highest BCUT2D eigenvalue weighted by atomic mass is 16.5. The van der Waals surface area contributed by atoms with Crippen molar-refractivity contribution in [2.24, 2.45) is 0 Å². The van der Waals surface area contributed by atoms with Gasteiger partial charge >= 0.3 is 5.97 Å². The van der Waals surface area contributed by atoms with Crippen LogP contribution in [-0.4, -0.2) is 18.9 Å². The summed E-state index contributed by atoms with van der Waals surface area (Å²) in [5, 5.41) is 0. The molecule has 32 heavy (non-hydrogen) atoms. The molecule has 0 N–H and O–H groups in total. The van der Waals surface area contributed by atoms with Crippen molar-refractivity contribution in [2.75, 3.05) is 7.11 Å². The van der Waals surface area contributed by atoms with E-state index < -0.39 is 5.97 Å². The van der Waals surface area contributed by atoms with Gasteiger partial charge in [-0.25, -0.2) is 4.79 Å². The number of methoxy groups -OCH3 is 1. The predicted molar refractivity (Wildman–Crippen MR) is 122 cm³/mol. The number of carbonyl (C=O) groups excluding carboxylic acids is 2. The molecule has 0 aliphatic carbocycles. The third-order valence-electron chi connectivity index (χ3n) is 5.25. The number of esters is 1. The number of carbonyl (C=O) groups is 2. The quantitative estimate of drug-likeness (QED) is 0.297. The fourth-order valence-electron chi connectivity index (χ4n) is 3.35. The number of benzene rings is 3. The van der Waals surface area contributed by atoms with Gasteiger partial charge in [0, 0.05) is 6.07 Å². The standard InChI is InChI=1S/C27H24O5/c1-27(2,3)19-9-7-18(8-10-19)26(29)31-20-11-5-17(6-12-20)15-24-25(28)22-14-13-21(30-4)16-23(22)32-24/h5-16H,1-4H3/b24-15-. The summed E-state index contributed by atoms with van der Waals surface area (Å²) in [6.07, 6.45) is 1.66. The molecule has 3 aromatic rings. The number of ether oxygens (including phenoxy) is 3. The molecule has 3 aromatic carbocycles. The smallest absolute Gasteiger partial charge is 0.343 e. The van der Waals surface area contributed by atoms with Crippen LogP contribution in [0.25, 0.3) is 6.08 Å². The summed E-state index contributed by atoms with van der Waals surface area (Å²) < 4.78 is 16.3. The van der Waals surface area contributed by atoms with Crippen molar-refractivity contribution in [3.8, 4) is 17.2 Å². The second-order valence-electron chi connectivity index (χ2n) is 8.59. The Kier molecular flexibility index (Phi) is 5.57. The maximum absolute atomic E-state index is 12.6. The Morgan fingerprint density at radius 3 is 2.19 bits per heavy atom. The van der Waals surface area contributed by atoms with Crippen molar-refractivity contribution < 1.29 is 23.8 Å². The van der Waals surface area contributed by atoms with Gasteiger partial charge in [-0.2, -0.15) is 0 Å². The van der Waals surface area contributed by atoms with E-state index in [4.69, 9.17) is 14.2 Å². The Morgan fingerprint density at radius 2 is 1.56 bits per heavy atom. The lowest BCUT2D eigenvalue weighted by Gasteiger charge is -2.18. The van der Waals surface area contributed by atoms with Gasteiger partial charge in [0.2, 0.25) is 5.78 Å². The van der Waals surface area contributed by atoms with Crippen molar-refractivity contribution in [1.82, 2.24) is 0 Å². The fraction of sp³-hybridized carbons (Fsp3) is 0.185. The monoisotopic (exact) mass is 428 g/mol. The van der Waals surface area contributed by atoms with Gasteiger partial charge in [-0.15, -0.1) is 0 Å². The molecule has 0 spiro atoms. The maximum Gasteiger partial charge on any atom is 0.343 e. The molecule has 4 rings (SSSR count). The van der Waals surface area contributed by atoms with Crippen LogP contribution in [0, 0.1) is 0 Å². The highest BCUT2D eigenvalue weighted by Gasteiger charge is 2.27. The van der Waals surface area contributed by atoms with Gasteiger partial charge in [0.1, 0.15) is 17.2 Å². The molecule has 0 saturated heterocycles. The lowest BCUT2D eigenvalue weighted by atomic mass is 9.87. The van der Waals surface area contributed by atoms with Gasteiger partial charge in [0.25, 0.3) is 0 Å². The Labute approximate surface area is 187 Å². The van der Waals surface area contributed by atoms with E-state index in [1.807, 2.05) is 12.1 Å². The predicted octanol–water partition coefficient (Wildman–Crippen LogP) is 5.83. The number of hydrogen-bond acceptors (Lipinski definition) is 5. The minimum absolute atomic E-state index is 0.0185. The summed E-state index contributed by atoms with van der Waals surface area (Å²) in [6, 6.07) is 19.4. The van der Waals surface area contributed by atoms with E-state index >= 15 is 0 Å². The molecule has 0 bridgehead atoms. The summed E-state index contributed by atoms with van der Waals surface area (Å²) in [6.45, 7) is 6.37. The summed E-state index contributed by atoms with van der Waals surface area (Å²) in [5.74, 6) is 1.15. The number of allylic oxidation sites excluding steroid dienone is 1. The molecule has 0 atom stereocenters. The molecule has 162 valence electrons. The lowest BCUT2D eigenvalue weighted by Crippen LogP contribution is -2.12. The molecule has 5 heteroatoms. The minimum atomic E-state index is -0.421. The van der Waals surface area contributed by atoms with Gasteiger partial charge in [0.05, 0.1) is 18.2 Å². The van der Waals surface area contributed by atoms with Crippen LogP contribution in [0.3, 0.4) is 0 Å². The number of fused-ring (bicyclic) bond motifs is 1. The molecule has 0 unspecified atom stereocenters. The number of hydrogen-bond donors (Lipinski definition) is 0. The highest BCUT2D eigenvalue weighted by molar-refractivity contribution is 6.14. The van der Waals surface area contributed by atoms with Gasteiger partial charge in [0.15, 0.2) is 5.76 Å². The topological polar surface area (TPSA) is 61.8 Å². The molecule has 5 nitrogen and oxygen atoms in total. The zero-order chi connectivity index (χ0) is 22.9. The second-order valence-corrected chi connectivity index (χ2v) is 8.59. The third-order valence-corrected chi connectivity index (χ3v) is 5.25. The molecule has 1 aliphatic heterocycles. The van der Waals surface area contributed by atoms with Crippen LogP contribution in [0.15, 0.2) is 72.5 Å². The Balaban J connectivity index is 1.44. The molecular formula is C27H24O5. The van der Waals surface area contributed by atoms with Crippen molar-refractivity contribution in [3.05, 3.63) is 94.7 Å². The first-order valence-electron chi connectivity index (χ1n) is 10.3. The van der Waals surface area contributed by atoms with Crippen molar-refractivity contribution in [2.45, 2.75) is 26.2 Å². The molecule has 0 aromatic heterocycles. The number of rotatable bonds is 4. The highest BCUT2D eigenvalue weighted by Crippen LogP contribution is 2.35. The zero-order valence-corrected chi connectivity index (χ0v) is 18.5. The zero-order valence-electron chi connectivity index (χ0n) is 18.5. The van der Waals surface area contributed by atoms with Gasteiger partial charge < -0.3 is 14.2 Å². The SMILES string of the molecule is COc1ccc2c(c1)O/C(=C\c1ccc(OC(=O)c3ccc(C(C)(C)C)cc3)cc1)C2=O. The van der Waals surface area contributed by atoms with Crippen LogP contribution in [0.1, 0.15) is 52.6 Å². The van der Waals surface area contributed by atoms with Crippen LogP contribution in [0.5, 0.6) is 17.2 Å². The van der Waals surface area contributed by atoms with E-state index in [2.05, 4.69) is 20.8 Å². The van der Waals surface area contributed by atoms with Crippen LogP contribution in [0.2, 0.25) is 0 Å². The molecular weight excluding hydrogens is 404 g/mol. The fourth-order valence-corrected chi connectivity index (χ4v) is 3.35. The van der Waals surface area contributed by atoms with Crippen LogP contribution in [-0.2, 0) is 5.41 Å². The minimum Gasteiger partial charge on any atom is -0.497 e.